The van der Waals surface area contributed by atoms with Crippen LogP contribution in [-0.2, 0) is 0 Å². The lowest BCUT2D eigenvalue weighted by Crippen LogP contribution is -2.39. The standard InChI is InChI=1S/C19H24N2OS/c1-13-9-10-17(11-15(13)3)21-19(23)20-16(4)12-22-18-8-6-5-7-14(18)2/h5-11,16H,12H2,1-4H3,(H2,20,21,23). The first kappa shape index (κ1) is 17.3. The van der Waals surface area contributed by atoms with Crippen LogP contribution in [0.2, 0.25) is 0 Å². The Kier molecular flexibility index (Phi) is 5.99. The van der Waals surface area contributed by atoms with Crippen molar-refractivity contribution in [2.45, 2.75) is 33.7 Å². The molecule has 1 unspecified atom stereocenters. The van der Waals surface area contributed by atoms with Crippen molar-refractivity contribution in [1.29, 1.82) is 0 Å². The Morgan fingerprint density at radius 3 is 2.48 bits per heavy atom. The Labute approximate surface area is 144 Å². The molecule has 2 aromatic rings. The number of aryl methyl sites for hydroxylation is 3. The molecule has 0 aliphatic heterocycles. The Balaban J connectivity index is 1.82. The van der Waals surface area contributed by atoms with Gasteiger partial charge in [0.15, 0.2) is 5.11 Å². The number of anilines is 1. The monoisotopic (exact) mass is 328 g/mol. The number of para-hydroxylation sites is 1. The summed E-state index contributed by atoms with van der Waals surface area (Å²) >= 11 is 5.37. The minimum absolute atomic E-state index is 0.112. The van der Waals surface area contributed by atoms with Crippen molar-refractivity contribution in [2.24, 2.45) is 0 Å². The first-order valence-corrected chi connectivity index (χ1v) is 8.19. The predicted molar refractivity (Wildman–Crippen MR) is 101 cm³/mol. The van der Waals surface area contributed by atoms with Crippen LogP contribution in [0, 0.1) is 20.8 Å². The van der Waals surface area contributed by atoms with Crippen LogP contribution >= 0.6 is 12.2 Å². The number of ether oxygens (including phenoxy) is 1. The Bertz CT molecular complexity index is 685. The molecule has 0 bridgehead atoms. The van der Waals surface area contributed by atoms with E-state index in [9.17, 15) is 0 Å². The maximum atomic E-state index is 5.83. The molecule has 0 radical (unpaired) electrons. The molecule has 2 aromatic carbocycles. The van der Waals surface area contributed by atoms with Crippen LogP contribution in [0.4, 0.5) is 5.69 Å². The Hall–Kier alpha value is -2.07. The van der Waals surface area contributed by atoms with Gasteiger partial charge in [-0.15, -0.1) is 0 Å². The van der Waals surface area contributed by atoms with Gasteiger partial charge in [-0.05, 0) is 74.8 Å². The molecule has 0 spiro atoms. The van der Waals surface area contributed by atoms with Gasteiger partial charge in [-0.2, -0.15) is 0 Å². The highest BCUT2D eigenvalue weighted by atomic mass is 32.1. The normalized spacial score (nSPS) is 11.7. The fourth-order valence-electron chi connectivity index (χ4n) is 2.18. The number of hydrogen-bond donors (Lipinski definition) is 2. The van der Waals surface area contributed by atoms with E-state index >= 15 is 0 Å². The van der Waals surface area contributed by atoms with Crippen molar-refractivity contribution in [2.75, 3.05) is 11.9 Å². The van der Waals surface area contributed by atoms with Crippen LogP contribution in [0.25, 0.3) is 0 Å². The fourth-order valence-corrected chi connectivity index (χ4v) is 2.50. The summed E-state index contributed by atoms with van der Waals surface area (Å²) in [4.78, 5) is 0. The van der Waals surface area contributed by atoms with Crippen molar-refractivity contribution in [3.05, 3.63) is 59.2 Å². The van der Waals surface area contributed by atoms with Crippen LogP contribution in [0.5, 0.6) is 5.75 Å². The lowest BCUT2D eigenvalue weighted by Gasteiger charge is -2.18. The van der Waals surface area contributed by atoms with Crippen molar-refractivity contribution in [1.82, 2.24) is 5.32 Å². The summed E-state index contributed by atoms with van der Waals surface area (Å²) in [5.74, 6) is 0.911. The fraction of sp³-hybridized carbons (Fsp3) is 0.316. The lowest BCUT2D eigenvalue weighted by molar-refractivity contribution is 0.285. The molecule has 122 valence electrons. The van der Waals surface area contributed by atoms with E-state index in [1.807, 2.05) is 44.2 Å². The maximum absolute atomic E-state index is 5.83. The largest absolute Gasteiger partial charge is 0.491 e. The van der Waals surface area contributed by atoms with Gasteiger partial charge in [0, 0.05) is 5.69 Å². The molecule has 4 heteroatoms. The van der Waals surface area contributed by atoms with Gasteiger partial charge in [0.05, 0.1) is 6.04 Å². The lowest BCUT2D eigenvalue weighted by atomic mass is 10.1. The smallest absolute Gasteiger partial charge is 0.171 e. The summed E-state index contributed by atoms with van der Waals surface area (Å²) < 4.78 is 5.83. The molecule has 3 nitrogen and oxygen atoms in total. The van der Waals surface area contributed by atoms with Crippen LogP contribution in [0.1, 0.15) is 23.6 Å². The molecule has 0 aromatic heterocycles. The molecule has 0 heterocycles. The third-order valence-corrected chi connectivity index (χ3v) is 3.94. The van der Waals surface area contributed by atoms with E-state index in [1.165, 1.54) is 11.1 Å². The van der Waals surface area contributed by atoms with Crippen LogP contribution in [0.15, 0.2) is 42.5 Å². The molecule has 2 rings (SSSR count). The highest BCUT2D eigenvalue weighted by molar-refractivity contribution is 7.80. The summed E-state index contributed by atoms with van der Waals surface area (Å²) in [6, 6.07) is 14.3. The Morgan fingerprint density at radius 2 is 1.78 bits per heavy atom. The van der Waals surface area contributed by atoms with Gasteiger partial charge in [-0.25, -0.2) is 0 Å². The molecule has 0 aliphatic carbocycles. The van der Waals surface area contributed by atoms with E-state index in [4.69, 9.17) is 17.0 Å². The molecule has 0 fully saturated rings. The summed E-state index contributed by atoms with van der Waals surface area (Å²) in [5, 5.41) is 7.07. The van der Waals surface area contributed by atoms with E-state index < -0.39 is 0 Å². The van der Waals surface area contributed by atoms with Gasteiger partial charge >= 0.3 is 0 Å². The number of nitrogens with one attached hydrogen (secondary N) is 2. The molecule has 0 amide bonds. The summed E-state index contributed by atoms with van der Waals surface area (Å²) in [6.07, 6.45) is 0. The number of hydrogen-bond acceptors (Lipinski definition) is 2. The van der Waals surface area contributed by atoms with Gasteiger partial charge in [-0.3, -0.25) is 0 Å². The first-order valence-electron chi connectivity index (χ1n) is 7.79. The molecule has 0 saturated carbocycles. The number of thiocarbonyl (C=S) groups is 1. The third-order valence-electron chi connectivity index (χ3n) is 3.72. The van der Waals surface area contributed by atoms with E-state index in [2.05, 4.69) is 36.6 Å². The minimum Gasteiger partial charge on any atom is -0.491 e. The molecule has 23 heavy (non-hydrogen) atoms. The van der Waals surface area contributed by atoms with E-state index in [0.29, 0.717) is 11.7 Å². The highest BCUT2D eigenvalue weighted by Gasteiger charge is 2.07. The SMILES string of the molecule is Cc1ccc(NC(=S)NC(C)COc2ccccc2C)cc1C. The minimum atomic E-state index is 0.112. The van der Waals surface area contributed by atoms with Crippen LogP contribution in [-0.4, -0.2) is 17.8 Å². The zero-order chi connectivity index (χ0) is 16.8. The van der Waals surface area contributed by atoms with Gasteiger partial charge < -0.3 is 15.4 Å². The summed E-state index contributed by atoms with van der Waals surface area (Å²) in [6.45, 7) is 8.84. The summed E-state index contributed by atoms with van der Waals surface area (Å²) in [5.41, 5.74) is 4.65. The van der Waals surface area contributed by atoms with Crippen molar-refractivity contribution < 1.29 is 4.74 Å². The zero-order valence-corrected chi connectivity index (χ0v) is 15.0. The molecular weight excluding hydrogens is 304 g/mol. The van der Waals surface area contributed by atoms with Crippen molar-refractivity contribution in [3.8, 4) is 5.75 Å². The molecular formula is C19H24N2OS. The van der Waals surface area contributed by atoms with E-state index in [1.54, 1.807) is 0 Å². The molecule has 2 N–H and O–H groups in total. The van der Waals surface area contributed by atoms with Crippen molar-refractivity contribution in [3.63, 3.8) is 0 Å². The van der Waals surface area contributed by atoms with E-state index in [-0.39, 0.29) is 6.04 Å². The number of benzene rings is 2. The predicted octanol–water partition coefficient (Wildman–Crippen LogP) is 4.37. The van der Waals surface area contributed by atoms with Crippen LogP contribution in [0.3, 0.4) is 0 Å². The molecule has 0 saturated heterocycles. The average Bonchev–Trinajstić information content (AvgIpc) is 2.50. The van der Waals surface area contributed by atoms with Gasteiger partial charge in [-0.1, -0.05) is 24.3 Å². The maximum Gasteiger partial charge on any atom is 0.171 e. The zero-order valence-electron chi connectivity index (χ0n) is 14.1. The summed E-state index contributed by atoms with van der Waals surface area (Å²) in [7, 11) is 0. The molecule has 1 atom stereocenters. The third kappa shape index (κ3) is 5.25. The topological polar surface area (TPSA) is 33.3 Å². The second-order valence-corrected chi connectivity index (χ2v) is 6.28. The highest BCUT2D eigenvalue weighted by Crippen LogP contribution is 2.16. The second-order valence-electron chi connectivity index (χ2n) is 5.88. The van der Waals surface area contributed by atoms with Crippen LogP contribution < -0.4 is 15.4 Å². The first-order chi connectivity index (χ1) is 11.0. The Morgan fingerprint density at radius 1 is 1.04 bits per heavy atom. The second kappa shape index (κ2) is 7.97. The van der Waals surface area contributed by atoms with Crippen molar-refractivity contribution >= 4 is 23.0 Å². The molecule has 0 aliphatic rings. The number of rotatable bonds is 5. The average molecular weight is 328 g/mol. The quantitative estimate of drug-likeness (QED) is 0.799. The van der Waals surface area contributed by atoms with Gasteiger partial charge in [0.1, 0.15) is 12.4 Å². The van der Waals surface area contributed by atoms with Gasteiger partial charge in [0.25, 0.3) is 0 Å². The van der Waals surface area contributed by atoms with E-state index in [0.717, 1.165) is 17.0 Å². The van der Waals surface area contributed by atoms with Gasteiger partial charge in [0.2, 0.25) is 0 Å².